The average Bonchev–Trinajstić information content (AvgIpc) is 2.46. The van der Waals surface area contributed by atoms with Gasteiger partial charge in [0.05, 0.1) is 0 Å². The number of benzene rings is 1. The Hall–Kier alpha value is -1.42. The van der Waals surface area contributed by atoms with Crippen molar-refractivity contribution in [2.75, 3.05) is 11.4 Å². The molecule has 0 radical (unpaired) electrons. The Bertz CT molecular complexity index is 625. The van der Waals surface area contributed by atoms with E-state index in [0.717, 1.165) is 35.6 Å². The molecule has 3 rings (SSSR count). The molecule has 1 aliphatic rings. The molecule has 1 aliphatic heterocycles. The van der Waals surface area contributed by atoms with Crippen LogP contribution >= 0.6 is 15.9 Å². The van der Waals surface area contributed by atoms with Gasteiger partial charge in [0.15, 0.2) is 0 Å². The molecule has 0 bridgehead atoms. The van der Waals surface area contributed by atoms with Gasteiger partial charge in [-0.15, -0.1) is 0 Å². The summed E-state index contributed by atoms with van der Waals surface area (Å²) in [5, 5.41) is 0. The molecule has 1 aromatic heterocycles. The van der Waals surface area contributed by atoms with Gasteiger partial charge in [-0.3, -0.25) is 0 Å². The number of para-hydroxylation sites is 1. The molecule has 0 spiro atoms. The first kappa shape index (κ1) is 13.6. The number of nitrogens with zero attached hydrogens (tertiary/aromatic N) is 3. The third-order valence-electron chi connectivity index (χ3n) is 3.60. The maximum Gasteiger partial charge on any atom is 0.137 e. The molecule has 104 valence electrons. The molecule has 0 fully saturated rings. The minimum absolute atomic E-state index is 0.325. The zero-order valence-corrected chi connectivity index (χ0v) is 13.4. The largest absolute Gasteiger partial charge is 0.326 e. The summed E-state index contributed by atoms with van der Waals surface area (Å²) in [5.41, 5.74) is 2.68. The van der Waals surface area contributed by atoms with Crippen LogP contribution in [0.2, 0.25) is 0 Å². The topological polar surface area (TPSA) is 29.0 Å². The maximum absolute atomic E-state index is 4.74. The molecule has 0 saturated carbocycles. The second-order valence-corrected chi connectivity index (χ2v) is 6.26. The second kappa shape index (κ2) is 5.52. The highest BCUT2D eigenvalue weighted by atomic mass is 79.9. The molecule has 0 N–H and O–H groups in total. The second-order valence-electron chi connectivity index (χ2n) is 5.45. The Morgan fingerprint density at radius 3 is 2.80 bits per heavy atom. The Morgan fingerprint density at radius 1 is 1.20 bits per heavy atom. The minimum atomic E-state index is 0.325. The number of aryl methyl sites for hydroxylation is 1. The number of hydrogen-bond acceptors (Lipinski definition) is 3. The van der Waals surface area contributed by atoms with Gasteiger partial charge in [0.2, 0.25) is 0 Å². The molecule has 3 nitrogen and oxygen atoms in total. The highest BCUT2D eigenvalue weighted by Gasteiger charge is 2.20. The van der Waals surface area contributed by atoms with Crippen molar-refractivity contribution in [2.45, 2.75) is 32.6 Å². The summed E-state index contributed by atoms with van der Waals surface area (Å²) in [6.07, 6.45) is 2.31. The van der Waals surface area contributed by atoms with Crippen LogP contribution in [0.25, 0.3) is 0 Å². The summed E-state index contributed by atoms with van der Waals surface area (Å²) >= 11 is 3.51. The summed E-state index contributed by atoms with van der Waals surface area (Å²) in [5.74, 6) is 2.20. The predicted molar refractivity (Wildman–Crippen MR) is 85.6 cm³/mol. The average molecular weight is 332 g/mol. The molecule has 0 amide bonds. The van der Waals surface area contributed by atoms with Gasteiger partial charge in [0.25, 0.3) is 0 Å². The quantitative estimate of drug-likeness (QED) is 0.761. The van der Waals surface area contributed by atoms with Gasteiger partial charge < -0.3 is 4.90 Å². The predicted octanol–water partition coefficient (Wildman–Crippen LogP) is 4.45. The van der Waals surface area contributed by atoms with Crippen LogP contribution in [0.4, 0.5) is 11.5 Å². The van der Waals surface area contributed by atoms with Gasteiger partial charge in [0, 0.05) is 24.2 Å². The van der Waals surface area contributed by atoms with Gasteiger partial charge in [-0.2, -0.15) is 0 Å². The fourth-order valence-electron chi connectivity index (χ4n) is 2.59. The molecule has 0 unspecified atom stereocenters. The van der Waals surface area contributed by atoms with Crippen LogP contribution < -0.4 is 4.90 Å². The summed E-state index contributed by atoms with van der Waals surface area (Å²) in [6, 6.07) is 10.6. The lowest BCUT2D eigenvalue weighted by Crippen LogP contribution is -2.25. The molecule has 0 saturated heterocycles. The SMILES string of the molecule is CC(C)c1nc(Br)cc(N2CCCc3ccccc32)n1. The maximum atomic E-state index is 4.74. The standard InChI is InChI=1S/C16H18BrN3/c1-11(2)16-18-14(17)10-15(19-16)20-9-5-7-12-6-3-4-8-13(12)20/h3-4,6,8,10-11H,5,7,9H2,1-2H3. The number of rotatable bonds is 2. The van der Waals surface area contributed by atoms with Gasteiger partial charge >= 0.3 is 0 Å². The van der Waals surface area contributed by atoms with Gasteiger partial charge in [0.1, 0.15) is 16.2 Å². The lowest BCUT2D eigenvalue weighted by atomic mass is 10.0. The van der Waals surface area contributed by atoms with Gasteiger partial charge in [-0.05, 0) is 40.4 Å². The van der Waals surface area contributed by atoms with E-state index in [4.69, 9.17) is 4.98 Å². The van der Waals surface area contributed by atoms with E-state index in [1.807, 2.05) is 6.07 Å². The monoisotopic (exact) mass is 331 g/mol. The van der Waals surface area contributed by atoms with Crippen molar-refractivity contribution in [1.82, 2.24) is 9.97 Å². The molecule has 0 aliphatic carbocycles. The Balaban J connectivity index is 2.06. The van der Waals surface area contributed by atoms with E-state index in [-0.39, 0.29) is 0 Å². The number of anilines is 2. The number of halogens is 1. The summed E-state index contributed by atoms with van der Waals surface area (Å²) in [7, 11) is 0. The zero-order valence-electron chi connectivity index (χ0n) is 11.8. The van der Waals surface area contributed by atoms with Crippen LogP contribution in [0.3, 0.4) is 0 Å². The van der Waals surface area contributed by atoms with E-state index in [9.17, 15) is 0 Å². The van der Waals surface area contributed by atoms with Crippen molar-refractivity contribution >= 4 is 27.4 Å². The number of fused-ring (bicyclic) bond motifs is 1. The minimum Gasteiger partial charge on any atom is -0.326 e. The van der Waals surface area contributed by atoms with E-state index in [2.05, 4.69) is 63.9 Å². The third kappa shape index (κ3) is 2.57. The van der Waals surface area contributed by atoms with E-state index in [1.54, 1.807) is 0 Å². The van der Waals surface area contributed by atoms with Crippen molar-refractivity contribution in [3.63, 3.8) is 0 Å². The van der Waals surface area contributed by atoms with Crippen LogP contribution in [0.15, 0.2) is 34.9 Å². The first-order valence-corrected chi connectivity index (χ1v) is 7.84. The fraction of sp³-hybridized carbons (Fsp3) is 0.375. The Morgan fingerprint density at radius 2 is 2.00 bits per heavy atom. The van der Waals surface area contributed by atoms with Crippen LogP contribution in [0, 0.1) is 0 Å². The van der Waals surface area contributed by atoms with Crippen molar-refractivity contribution in [1.29, 1.82) is 0 Å². The smallest absolute Gasteiger partial charge is 0.137 e. The van der Waals surface area contributed by atoms with Crippen molar-refractivity contribution in [3.8, 4) is 0 Å². The number of aromatic nitrogens is 2. The normalized spacial score (nSPS) is 14.5. The molecule has 4 heteroatoms. The third-order valence-corrected chi connectivity index (χ3v) is 4.01. The molecule has 2 heterocycles. The highest BCUT2D eigenvalue weighted by Crippen LogP contribution is 2.33. The van der Waals surface area contributed by atoms with Gasteiger partial charge in [-0.25, -0.2) is 9.97 Å². The van der Waals surface area contributed by atoms with E-state index >= 15 is 0 Å². The van der Waals surface area contributed by atoms with Crippen molar-refractivity contribution in [2.24, 2.45) is 0 Å². The molecular formula is C16H18BrN3. The molecule has 2 aromatic rings. The first-order valence-electron chi connectivity index (χ1n) is 7.05. The summed E-state index contributed by atoms with van der Waals surface area (Å²) in [4.78, 5) is 11.5. The van der Waals surface area contributed by atoms with Crippen LogP contribution in [0.5, 0.6) is 0 Å². The molecule has 1 aromatic carbocycles. The fourth-order valence-corrected chi connectivity index (χ4v) is 2.98. The highest BCUT2D eigenvalue weighted by molar-refractivity contribution is 9.10. The van der Waals surface area contributed by atoms with Crippen molar-refractivity contribution < 1.29 is 0 Å². The van der Waals surface area contributed by atoms with E-state index in [0.29, 0.717) is 5.92 Å². The van der Waals surface area contributed by atoms with E-state index in [1.165, 1.54) is 11.3 Å². The Kier molecular flexibility index (Phi) is 3.74. The zero-order chi connectivity index (χ0) is 14.1. The lowest BCUT2D eigenvalue weighted by molar-refractivity contribution is 0.733. The van der Waals surface area contributed by atoms with Crippen LogP contribution in [-0.4, -0.2) is 16.5 Å². The summed E-state index contributed by atoms with van der Waals surface area (Å²) in [6.45, 7) is 5.25. The molecule has 20 heavy (non-hydrogen) atoms. The summed E-state index contributed by atoms with van der Waals surface area (Å²) < 4.78 is 0.856. The van der Waals surface area contributed by atoms with Crippen LogP contribution in [0.1, 0.15) is 37.6 Å². The first-order chi connectivity index (χ1) is 9.65. The Labute approximate surface area is 128 Å². The van der Waals surface area contributed by atoms with Gasteiger partial charge in [-0.1, -0.05) is 32.0 Å². The van der Waals surface area contributed by atoms with E-state index < -0.39 is 0 Å². The lowest BCUT2D eigenvalue weighted by Gasteiger charge is -2.30. The molecule has 0 atom stereocenters. The van der Waals surface area contributed by atoms with Crippen molar-refractivity contribution in [3.05, 3.63) is 46.3 Å². The molecular weight excluding hydrogens is 314 g/mol. The van der Waals surface area contributed by atoms with Crippen LogP contribution in [-0.2, 0) is 6.42 Å². The number of hydrogen-bond donors (Lipinski definition) is 0.